The van der Waals surface area contributed by atoms with Gasteiger partial charge in [-0.3, -0.25) is 4.79 Å². The van der Waals surface area contributed by atoms with E-state index in [1.54, 1.807) is 6.07 Å². The number of carbonyl (C=O) groups is 2. The Kier molecular flexibility index (Phi) is 7.03. The highest BCUT2D eigenvalue weighted by Crippen LogP contribution is 2.23. The van der Waals surface area contributed by atoms with Crippen LogP contribution in [0.3, 0.4) is 0 Å². The van der Waals surface area contributed by atoms with Crippen LogP contribution in [-0.2, 0) is 14.3 Å². The number of hydrogen-bond donors (Lipinski definition) is 1. The van der Waals surface area contributed by atoms with Crippen molar-refractivity contribution < 1.29 is 32.2 Å². The normalized spacial score (nSPS) is 12.5. The van der Waals surface area contributed by atoms with E-state index in [1.165, 1.54) is 25.1 Å². The van der Waals surface area contributed by atoms with Crippen LogP contribution in [0.4, 0.5) is 18.9 Å². The topological polar surface area (TPSA) is 64.6 Å². The molecule has 0 saturated heterocycles. The van der Waals surface area contributed by atoms with Gasteiger partial charge in [-0.25, -0.2) is 4.79 Å². The fraction of sp³-hybridized carbons (Fsp3) is 0.238. The fourth-order valence-corrected chi connectivity index (χ4v) is 2.40. The Labute approximate surface area is 166 Å². The van der Waals surface area contributed by atoms with Crippen LogP contribution in [0.25, 0.3) is 6.08 Å². The van der Waals surface area contributed by atoms with E-state index in [2.05, 4.69) is 10.1 Å². The monoisotopic (exact) mass is 407 g/mol. The molecule has 0 bridgehead atoms. The molecule has 0 aliphatic rings. The van der Waals surface area contributed by atoms with Crippen molar-refractivity contribution in [3.05, 3.63) is 65.2 Å². The largest absolute Gasteiger partial charge is 0.573 e. The summed E-state index contributed by atoms with van der Waals surface area (Å²) in [7, 11) is 0. The molecule has 29 heavy (non-hydrogen) atoms. The van der Waals surface area contributed by atoms with Gasteiger partial charge in [0, 0.05) is 11.8 Å². The molecular formula is C21H20F3NO4. The van der Waals surface area contributed by atoms with Gasteiger partial charge < -0.3 is 14.8 Å². The smallest absolute Gasteiger partial charge is 0.449 e. The first-order valence-corrected chi connectivity index (χ1v) is 8.66. The number of alkyl halides is 3. The van der Waals surface area contributed by atoms with Gasteiger partial charge in [0.2, 0.25) is 0 Å². The van der Waals surface area contributed by atoms with Crippen LogP contribution in [0.5, 0.6) is 5.75 Å². The molecule has 2 aromatic rings. The van der Waals surface area contributed by atoms with Crippen molar-refractivity contribution in [2.45, 2.75) is 33.2 Å². The molecule has 0 aliphatic heterocycles. The molecule has 1 N–H and O–H groups in total. The predicted molar refractivity (Wildman–Crippen MR) is 102 cm³/mol. The van der Waals surface area contributed by atoms with Gasteiger partial charge in [0.1, 0.15) is 5.75 Å². The predicted octanol–water partition coefficient (Wildman–Crippen LogP) is 4.79. The molecule has 2 aromatic carbocycles. The lowest BCUT2D eigenvalue weighted by Gasteiger charge is -2.14. The lowest BCUT2D eigenvalue weighted by Crippen LogP contribution is -2.29. The van der Waals surface area contributed by atoms with Gasteiger partial charge in [0.25, 0.3) is 5.91 Å². The van der Waals surface area contributed by atoms with Crippen molar-refractivity contribution in [2.24, 2.45) is 0 Å². The molecule has 1 amide bonds. The maximum atomic E-state index is 12.2. The zero-order valence-corrected chi connectivity index (χ0v) is 16.0. The molecule has 0 aromatic heterocycles. The van der Waals surface area contributed by atoms with Crippen LogP contribution in [0.15, 0.2) is 48.5 Å². The number of hydrogen-bond acceptors (Lipinski definition) is 4. The van der Waals surface area contributed by atoms with Gasteiger partial charge in [-0.15, -0.1) is 13.2 Å². The number of benzene rings is 2. The number of ether oxygens (including phenoxy) is 2. The standard InChI is InChI=1S/C21H20F3NO4/c1-13-4-10-18(14(2)12-13)25-20(27)15(3)28-19(26)11-7-16-5-8-17(9-6-16)29-21(22,23)24/h4-12,15H,1-3H3,(H,25,27)/b11-7+/t15-/m1/s1. The van der Waals surface area contributed by atoms with Crippen LogP contribution in [0.1, 0.15) is 23.6 Å². The third-order valence-corrected chi connectivity index (χ3v) is 3.83. The first kappa shape index (κ1) is 22.0. The van der Waals surface area contributed by atoms with Crippen LogP contribution >= 0.6 is 0 Å². The second-order valence-corrected chi connectivity index (χ2v) is 6.34. The Balaban J connectivity index is 1.89. The number of anilines is 1. The van der Waals surface area contributed by atoms with E-state index in [4.69, 9.17) is 4.74 Å². The first-order chi connectivity index (χ1) is 13.5. The van der Waals surface area contributed by atoms with Gasteiger partial charge in [-0.2, -0.15) is 0 Å². The summed E-state index contributed by atoms with van der Waals surface area (Å²) >= 11 is 0. The molecule has 154 valence electrons. The van der Waals surface area contributed by atoms with E-state index in [0.29, 0.717) is 11.3 Å². The maximum Gasteiger partial charge on any atom is 0.573 e. The number of esters is 1. The van der Waals surface area contributed by atoms with E-state index < -0.39 is 24.3 Å². The molecule has 2 rings (SSSR count). The van der Waals surface area contributed by atoms with Crippen molar-refractivity contribution >= 4 is 23.6 Å². The SMILES string of the molecule is Cc1ccc(NC(=O)[C@@H](C)OC(=O)/C=C/c2ccc(OC(F)(F)F)cc2)c(C)c1. The number of amides is 1. The highest BCUT2D eigenvalue weighted by molar-refractivity contribution is 5.97. The van der Waals surface area contributed by atoms with E-state index in [1.807, 2.05) is 26.0 Å². The van der Waals surface area contributed by atoms with Crippen molar-refractivity contribution in [3.63, 3.8) is 0 Å². The van der Waals surface area contributed by atoms with Gasteiger partial charge in [0.05, 0.1) is 0 Å². The van der Waals surface area contributed by atoms with Gasteiger partial charge in [0.15, 0.2) is 6.10 Å². The molecule has 0 saturated carbocycles. The summed E-state index contributed by atoms with van der Waals surface area (Å²) in [5.41, 5.74) is 3.03. The molecule has 0 radical (unpaired) electrons. The van der Waals surface area contributed by atoms with Crippen LogP contribution in [0, 0.1) is 13.8 Å². The third-order valence-electron chi connectivity index (χ3n) is 3.83. The highest BCUT2D eigenvalue weighted by atomic mass is 19.4. The highest BCUT2D eigenvalue weighted by Gasteiger charge is 2.30. The van der Waals surface area contributed by atoms with E-state index >= 15 is 0 Å². The second-order valence-electron chi connectivity index (χ2n) is 6.34. The molecule has 8 heteroatoms. The molecule has 0 spiro atoms. The fourth-order valence-electron chi connectivity index (χ4n) is 2.40. The summed E-state index contributed by atoms with van der Waals surface area (Å²) in [5.74, 6) is -1.61. The van der Waals surface area contributed by atoms with E-state index in [-0.39, 0.29) is 5.75 Å². The Morgan fingerprint density at radius 1 is 1.07 bits per heavy atom. The average Bonchev–Trinajstić information content (AvgIpc) is 2.62. The zero-order valence-electron chi connectivity index (χ0n) is 16.0. The molecule has 0 fully saturated rings. The van der Waals surface area contributed by atoms with E-state index in [0.717, 1.165) is 29.3 Å². The zero-order chi connectivity index (χ0) is 21.6. The number of nitrogens with one attached hydrogen (secondary N) is 1. The van der Waals surface area contributed by atoms with Crippen molar-refractivity contribution in [1.29, 1.82) is 0 Å². The van der Waals surface area contributed by atoms with Crippen molar-refractivity contribution in [1.82, 2.24) is 0 Å². The van der Waals surface area contributed by atoms with Gasteiger partial charge >= 0.3 is 12.3 Å². The summed E-state index contributed by atoms with van der Waals surface area (Å²) in [4.78, 5) is 24.1. The molecule has 1 atom stereocenters. The third kappa shape index (κ3) is 7.33. The molecule has 5 nitrogen and oxygen atoms in total. The Bertz CT molecular complexity index is 905. The van der Waals surface area contributed by atoms with Crippen molar-refractivity contribution in [3.8, 4) is 5.75 Å². The lowest BCUT2D eigenvalue weighted by molar-refractivity contribution is -0.274. The molecule has 0 heterocycles. The lowest BCUT2D eigenvalue weighted by atomic mass is 10.1. The molecule has 0 unspecified atom stereocenters. The number of aryl methyl sites for hydroxylation is 2. The molecular weight excluding hydrogens is 387 g/mol. The van der Waals surface area contributed by atoms with Gasteiger partial charge in [-0.05, 0) is 56.2 Å². The molecule has 0 aliphatic carbocycles. The summed E-state index contributed by atoms with van der Waals surface area (Å²) in [6, 6.07) is 10.5. The second kappa shape index (κ2) is 9.27. The summed E-state index contributed by atoms with van der Waals surface area (Å²) in [6.07, 6.45) is -3.36. The Morgan fingerprint density at radius 2 is 1.72 bits per heavy atom. The van der Waals surface area contributed by atoms with Crippen molar-refractivity contribution in [2.75, 3.05) is 5.32 Å². The maximum absolute atomic E-state index is 12.2. The summed E-state index contributed by atoms with van der Waals surface area (Å²) in [5, 5.41) is 2.70. The summed E-state index contributed by atoms with van der Waals surface area (Å²) in [6.45, 7) is 5.23. The van der Waals surface area contributed by atoms with E-state index in [9.17, 15) is 22.8 Å². The van der Waals surface area contributed by atoms with Gasteiger partial charge in [-0.1, -0.05) is 29.8 Å². The average molecular weight is 407 g/mol. The number of halogens is 3. The quantitative estimate of drug-likeness (QED) is 0.553. The number of rotatable bonds is 6. The minimum atomic E-state index is -4.77. The van der Waals surface area contributed by atoms with Crippen LogP contribution < -0.4 is 10.1 Å². The minimum Gasteiger partial charge on any atom is -0.449 e. The Morgan fingerprint density at radius 3 is 2.31 bits per heavy atom. The minimum absolute atomic E-state index is 0.367. The first-order valence-electron chi connectivity index (χ1n) is 8.66. The number of carbonyl (C=O) groups excluding carboxylic acids is 2. The summed E-state index contributed by atoms with van der Waals surface area (Å²) < 4.78 is 45.2. The van der Waals surface area contributed by atoms with Crippen LogP contribution in [0.2, 0.25) is 0 Å². The Hall–Kier alpha value is -3.29. The van der Waals surface area contributed by atoms with Crippen LogP contribution in [-0.4, -0.2) is 24.3 Å².